The van der Waals surface area contributed by atoms with Gasteiger partial charge in [0.05, 0.1) is 12.5 Å². The van der Waals surface area contributed by atoms with E-state index in [1.54, 1.807) is 0 Å². The van der Waals surface area contributed by atoms with Crippen LogP contribution in [-0.2, 0) is 19.3 Å². The van der Waals surface area contributed by atoms with Crippen LogP contribution in [0.4, 0.5) is 0 Å². The Morgan fingerprint density at radius 2 is 1.60 bits per heavy atom. The first-order chi connectivity index (χ1) is 7.33. The molecule has 0 aliphatic heterocycles. The summed E-state index contributed by atoms with van der Waals surface area (Å²) >= 11 is 0. The van der Waals surface area contributed by atoms with Crippen LogP contribution in [-0.4, -0.2) is 0 Å². The third-order valence-corrected chi connectivity index (χ3v) is 2.66. The Labute approximate surface area is 92.7 Å². The minimum absolute atomic E-state index is 0.561. The predicted molar refractivity (Wildman–Crippen MR) is 63.7 cm³/mol. The molecule has 0 saturated heterocycles. The lowest BCUT2D eigenvalue weighted by Gasteiger charge is -2.11. The largest absolute Gasteiger partial charge is 0.198 e. The average Bonchev–Trinajstić information content (AvgIpc) is 2.23. The van der Waals surface area contributed by atoms with Crippen molar-refractivity contribution in [1.82, 2.24) is 0 Å². The topological polar surface area (TPSA) is 23.8 Å². The lowest BCUT2D eigenvalue weighted by molar-refractivity contribution is 0.871. The summed E-state index contributed by atoms with van der Waals surface area (Å²) in [5.74, 6) is 0. The van der Waals surface area contributed by atoms with E-state index in [1.807, 2.05) is 0 Å². The maximum Gasteiger partial charge on any atom is 0.0669 e. The smallest absolute Gasteiger partial charge is 0.0669 e. The van der Waals surface area contributed by atoms with Gasteiger partial charge in [0.25, 0.3) is 0 Å². The van der Waals surface area contributed by atoms with Crippen LogP contribution < -0.4 is 0 Å². The third-order valence-electron chi connectivity index (χ3n) is 2.66. The zero-order valence-corrected chi connectivity index (χ0v) is 9.71. The van der Waals surface area contributed by atoms with Gasteiger partial charge in [0, 0.05) is 0 Å². The van der Waals surface area contributed by atoms with Crippen molar-refractivity contribution in [1.29, 1.82) is 5.26 Å². The van der Waals surface area contributed by atoms with Gasteiger partial charge in [-0.05, 0) is 29.5 Å². The molecule has 1 aromatic rings. The van der Waals surface area contributed by atoms with Crippen molar-refractivity contribution >= 4 is 0 Å². The molecule has 0 unspecified atom stereocenters. The Morgan fingerprint density at radius 1 is 1.07 bits per heavy atom. The minimum Gasteiger partial charge on any atom is -0.198 e. The highest BCUT2D eigenvalue weighted by molar-refractivity contribution is 5.37. The van der Waals surface area contributed by atoms with E-state index in [0.29, 0.717) is 6.42 Å². The Balaban J connectivity index is 3.04. The van der Waals surface area contributed by atoms with Crippen molar-refractivity contribution in [2.24, 2.45) is 0 Å². The molecule has 0 aliphatic carbocycles. The first-order valence-electron chi connectivity index (χ1n) is 5.80. The van der Waals surface area contributed by atoms with Crippen molar-refractivity contribution in [2.45, 2.75) is 46.0 Å². The molecule has 15 heavy (non-hydrogen) atoms. The molecule has 0 N–H and O–H groups in total. The number of hydrogen-bond donors (Lipinski definition) is 0. The fourth-order valence-electron chi connectivity index (χ4n) is 2.00. The van der Waals surface area contributed by atoms with Gasteiger partial charge in [-0.25, -0.2) is 0 Å². The molecule has 0 heterocycles. The third kappa shape index (κ3) is 3.09. The van der Waals surface area contributed by atoms with Gasteiger partial charge in [-0.15, -0.1) is 0 Å². The molecular weight excluding hydrogens is 182 g/mol. The monoisotopic (exact) mass is 201 g/mol. The Kier molecular flexibility index (Phi) is 4.90. The van der Waals surface area contributed by atoms with E-state index < -0.39 is 0 Å². The van der Waals surface area contributed by atoms with Crippen LogP contribution in [0, 0.1) is 11.3 Å². The molecule has 0 aromatic heterocycles. The Hall–Kier alpha value is -1.29. The van der Waals surface area contributed by atoms with Gasteiger partial charge in [-0.1, -0.05) is 44.9 Å². The molecule has 0 amide bonds. The molecule has 0 atom stereocenters. The van der Waals surface area contributed by atoms with Gasteiger partial charge in [0.15, 0.2) is 0 Å². The molecule has 80 valence electrons. The van der Waals surface area contributed by atoms with Crippen LogP contribution in [0.1, 0.15) is 43.4 Å². The van der Waals surface area contributed by atoms with E-state index in [-0.39, 0.29) is 0 Å². The van der Waals surface area contributed by atoms with Gasteiger partial charge in [-0.2, -0.15) is 5.26 Å². The summed E-state index contributed by atoms with van der Waals surface area (Å²) in [6.45, 7) is 4.37. The van der Waals surface area contributed by atoms with E-state index >= 15 is 0 Å². The number of nitrogens with zero attached hydrogens (tertiary/aromatic N) is 1. The number of aryl methyl sites for hydroxylation is 2. The quantitative estimate of drug-likeness (QED) is 0.713. The van der Waals surface area contributed by atoms with Crippen LogP contribution in [0.25, 0.3) is 0 Å². The summed E-state index contributed by atoms with van der Waals surface area (Å²) in [5.41, 5.74) is 4.01. The van der Waals surface area contributed by atoms with E-state index in [2.05, 4.69) is 38.1 Å². The number of nitriles is 1. The van der Waals surface area contributed by atoms with Crippen molar-refractivity contribution in [3.8, 4) is 6.07 Å². The van der Waals surface area contributed by atoms with Gasteiger partial charge < -0.3 is 0 Å². The molecule has 1 nitrogen and oxygen atoms in total. The number of hydrogen-bond acceptors (Lipinski definition) is 1. The zero-order chi connectivity index (χ0) is 11.1. The molecule has 0 aliphatic rings. The predicted octanol–water partition coefficient (Wildman–Crippen LogP) is 3.66. The molecule has 0 saturated carbocycles. The molecule has 1 aromatic carbocycles. The number of benzene rings is 1. The lowest BCUT2D eigenvalue weighted by Crippen LogP contribution is -1.99. The van der Waals surface area contributed by atoms with Crippen molar-refractivity contribution in [3.63, 3.8) is 0 Å². The van der Waals surface area contributed by atoms with Crippen molar-refractivity contribution in [3.05, 3.63) is 34.9 Å². The first-order valence-corrected chi connectivity index (χ1v) is 5.80. The van der Waals surface area contributed by atoms with Gasteiger partial charge in [-0.3, -0.25) is 0 Å². The van der Waals surface area contributed by atoms with Gasteiger partial charge in [0.1, 0.15) is 0 Å². The highest BCUT2D eigenvalue weighted by Crippen LogP contribution is 2.18. The molecule has 0 fully saturated rings. The Morgan fingerprint density at radius 3 is 2.00 bits per heavy atom. The van der Waals surface area contributed by atoms with Crippen LogP contribution in [0.3, 0.4) is 0 Å². The summed E-state index contributed by atoms with van der Waals surface area (Å²) in [5, 5.41) is 8.86. The van der Waals surface area contributed by atoms with Crippen LogP contribution in [0.15, 0.2) is 18.2 Å². The summed E-state index contributed by atoms with van der Waals surface area (Å²) < 4.78 is 0. The fourth-order valence-corrected chi connectivity index (χ4v) is 2.00. The van der Waals surface area contributed by atoms with E-state index in [9.17, 15) is 0 Å². The zero-order valence-electron chi connectivity index (χ0n) is 9.71. The molecule has 0 bridgehead atoms. The summed E-state index contributed by atoms with van der Waals surface area (Å²) in [4.78, 5) is 0. The Bertz CT molecular complexity index is 323. The molecule has 0 spiro atoms. The first kappa shape index (κ1) is 11.8. The summed E-state index contributed by atoms with van der Waals surface area (Å²) in [6.07, 6.45) is 5.04. The molecule has 1 rings (SSSR count). The van der Waals surface area contributed by atoms with Crippen molar-refractivity contribution < 1.29 is 0 Å². The second kappa shape index (κ2) is 6.24. The highest BCUT2D eigenvalue weighted by atomic mass is 14.2. The van der Waals surface area contributed by atoms with Crippen LogP contribution in [0.2, 0.25) is 0 Å². The molecule has 0 radical (unpaired) electrons. The summed E-state index contributed by atoms with van der Waals surface area (Å²) in [7, 11) is 0. The average molecular weight is 201 g/mol. The molecule has 1 heteroatoms. The SMILES string of the molecule is CCCc1cccc(CCC)c1CC#N. The maximum absolute atomic E-state index is 8.86. The second-order valence-electron chi connectivity index (χ2n) is 3.89. The van der Waals surface area contributed by atoms with E-state index in [4.69, 9.17) is 5.26 Å². The normalized spacial score (nSPS) is 9.93. The second-order valence-corrected chi connectivity index (χ2v) is 3.89. The number of rotatable bonds is 5. The van der Waals surface area contributed by atoms with E-state index in [0.717, 1.165) is 25.7 Å². The van der Waals surface area contributed by atoms with Gasteiger partial charge >= 0.3 is 0 Å². The van der Waals surface area contributed by atoms with E-state index in [1.165, 1.54) is 16.7 Å². The lowest BCUT2D eigenvalue weighted by atomic mass is 9.93. The van der Waals surface area contributed by atoms with Crippen LogP contribution in [0.5, 0.6) is 0 Å². The molecular formula is C14H19N. The van der Waals surface area contributed by atoms with Gasteiger partial charge in [0.2, 0.25) is 0 Å². The highest BCUT2D eigenvalue weighted by Gasteiger charge is 2.06. The fraction of sp³-hybridized carbons (Fsp3) is 0.500. The minimum atomic E-state index is 0.561. The standard InChI is InChI=1S/C14H19N/c1-3-6-12-8-5-9-13(7-4-2)14(12)10-11-15/h5,8-9H,3-4,6-7,10H2,1-2H3. The summed E-state index contributed by atoms with van der Waals surface area (Å²) in [6, 6.07) is 8.73. The van der Waals surface area contributed by atoms with Crippen molar-refractivity contribution in [2.75, 3.05) is 0 Å². The van der Waals surface area contributed by atoms with Crippen LogP contribution >= 0.6 is 0 Å². The maximum atomic E-state index is 8.86.